The normalized spacial score (nSPS) is 25.1. The van der Waals surface area contributed by atoms with Crippen molar-refractivity contribution in [3.05, 3.63) is 33.8 Å². The standard InChI is InChI=1S/C11H9Cl2NO/c12-9-3-8(4-10(13)5-9)11-7(6-14)1-2-15-11/h3-5,7,11H,1-2H2. The third-order valence-corrected chi connectivity index (χ3v) is 2.91. The topological polar surface area (TPSA) is 33.0 Å². The molecule has 1 heterocycles. The van der Waals surface area contributed by atoms with Crippen molar-refractivity contribution in [2.75, 3.05) is 6.61 Å². The lowest BCUT2D eigenvalue weighted by Gasteiger charge is -2.13. The smallest absolute Gasteiger partial charge is 0.0984 e. The van der Waals surface area contributed by atoms with Gasteiger partial charge in [-0.25, -0.2) is 0 Å². The zero-order chi connectivity index (χ0) is 10.8. The Bertz CT molecular complexity index is 393. The summed E-state index contributed by atoms with van der Waals surface area (Å²) < 4.78 is 5.51. The number of ether oxygens (including phenoxy) is 1. The van der Waals surface area contributed by atoms with Gasteiger partial charge >= 0.3 is 0 Å². The fraction of sp³-hybridized carbons (Fsp3) is 0.364. The maximum atomic E-state index is 8.94. The van der Waals surface area contributed by atoms with Gasteiger partial charge in [-0.1, -0.05) is 23.2 Å². The number of nitriles is 1. The van der Waals surface area contributed by atoms with Gasteiger partial charge in [-0.3, -0.25) is 0 Å². The second-order valence-electron chi connectivity index (χ2n) is 3.52. The van der Waals surface area contributed by atoms with Crippen LogP contribution in [0.2, 0.25) is 10.0 Å². The summed E-state index contributed by atoms with van der Waals surface area (Å²) >= 11 is 11.8. The van der Waals surface area contributed by atoms with Crippen LogP contribution >= 0.6 is 23.2 Å². The van der Waals surface area contributed by atoms with Crippen LogP contribution in [0.15, 0.2) is 18.2 Å². The Morgan fingerprint density at radius 1 is 1.27 bits per heavy atom. The maximum Gasteiger partial charge on any atom is 0.0984 e. The lowest BCUT2D eigenvalue weighted by Crippen LogP contribution is -2.05. The van der Waals surface area contributed by atoms with Gasteiger partial charge in [0, 0.05) is 16.7 Å². The maximum absolute atomic E-state index is 8.94. The summed E-state index contributed by atoms with van der Waals surface area (Å²) in [4.78, 5) is 0. The Labute approximate surface area is 98.4 Å². The third-order valence-electron chi connectivity index (χ3n) is 2.47. The SMILES string of the molecule is N#CC1CCOC1c1cc(Cl)cc(Cl)c1. The van der Waals surface area contributed by atoms with Gasteiger partial charge in [0.25, 0.3) is 0 Å². The molecular formula is C11H9Cl2NO. The first-order valence-electron chi connectivity index (χ1n) is 4.68. The van der Waals surface area contributed by atoms with Gasteiger partial charge in [-0.2, -0.15) is 5.26 Å². The highest BCUT2D eigenvalue weighted by atomic mass is 35.5. The molecule has 1 fully saturated rings. The van der Waals surface area contributed by atoms with E-state index in [4.69, 9.17) is 33.2 Å². The van der Waals surface area contributed by atoms with Crippen molar-refractivity contribution in [2.24, 2.45) is 5.92 Å². The van der Waals surface area contributed by atoms with Crippen molar-refractivity contribution in [2.45, 2.75) is 12.5 Å². The van der Waals surface area contributed by atoms with E-state index in [2.05, 4.69) is 6.07 Å². The molecule has 0 spiro atoms. The third kappa shape index (κ3) is 2.26. The quantitative estimate of drug-likeness (QED) is 0.753. The van der Waals surface area contributed by atoms with E-state index in [9.17, 15) is 0 Å². The first-order chi connectivity index (χ1) is 7.20. The summed E-state index contributed by atoms with van der Waals surface area (Å²) in [6, 6.07) is 7.51. The van der Waals surface area contributed by atoms with E-state index in [-0.39, 0.29) is 12.0 Å². The minimum atomic E-state index is -0.189. The van der Waals surface area contributed by atoms with Crippen molar-refractivity contribution in [3.63, 3.8) is 0 Å². The predicted molar refractivity (Wildman–Crippen MR) is 58.9 cm³/mol. The van der Waals surface area contributed by atoms with Gasteiger partial charge in [-0.05, 0) is 30.2 Å². The largest absolute Gasteiger partial charge is 0.372 e. The lowest BCUT2D eigenvalue weighted by atomic mass is 9.97. The van der Waals surface area contributed by atoms with Crippen LogP contribution in [0.4, 0.5) is 0 Å². The van der Waals surface area contributed by atoms with Crippen molar-refractivity contribution < 1.29 is 4.74 Å². The highest BCUT2D eigenvalue weighted by Gasteiger charge is 2.29. The van der Waals surface area contributed by atoms with E-state index in [1.54, 1.807) is 18.2 Å². The van der Waals surface area contributed by atoms with Crippen molar-refractivity contribution in [1.82, 2.24) is 0 Å². The van der Waals surface area contributed by atoms with Crippen LogP contribution in [0.3, 0.4) is 0 Å². The molecule has 1 aliphatic heterocycles. The first kappa shape index (κ1) is 10.8. The fourth-order valence-electron chi connectivity index (χ4n) is 1.79. The molecule has 2 nitrogen and oxygen atoms in total. The molecule has 2 atom stereocenters. The predicted octanol–water partition coefficient (Wildman–Crippen LogP) is 3.59. The molecule has 1 saturated heterocycles. The second kappa shape index (κ2) is 4.40. The number of rotatable bonds is 1. The minimum absolute atomic E-state index is 0.0977. The average molecular weight is 242 g/mol. The molecule has 2 unspecified atom stereocenters. The van der Waals surface area contributed by atoms with Gasteiger partial charge in [0.15, 0.2) is 0 Å². The monoisotopic (exact) mass is 241 g/mol. The average Bonchev–Trinajstić information content (AvgIpc) is 2.63. The van der Waals surface area contributed by atoms with Crippen molar-refractivity contribution in [1.29, 1.82) is 5.26 Å². The molecule has 1 aliphatic rings. The fourth-order valence-corrected chi connectivity index (χ4v) is 2.33. The van der Waals surface area contributed by atoms with Crippen LogP contribution in [0.5, 0.6) is 0 Å². The zero-order valence-corrected chi connectivity index (χ0v) is 9.42. The second-order valence-corrected chi connectivity index (χ2v) is 4.39. The van der Waals surface area contributed by atoms with Gasteiger partial charge < -0.3 is 4.74 Å². The molecule has 4 heteroatoms. The van der Waals surface area contributed by atoms with Crippen molar-refractivity contribution in [3.8, 4) is 6.07 Å². The zero-order valence-electron chi connectivity index (χ0n) is 7.91. The number of hydrogen-bond donors (Lipinski definition) is 0. The number of nitrogens with zero attached hydrogens (tertiary/aromatic N) is 1. The van der Waals surface area contributed by atoms with Gasteiger partial charge in [0.2, 0.25) is 0 Å². The van der Waals surface area contributed by atoms with E-state index in [0.717, 1.165) is 12.0 Å². The van der Waals surface area contributed by atoms with Gasteiger partial charge in [0.1, 0.15) is 0 Å². The van der Waals surface area contributed by atoms with Crippen molar-refractivity contribution >= 4 is 23.2 Å². The van der Waals surface area contributed by atoms with Crippen LogP contribution in [0.1, 0.15) is 18.1 Å². The molecule has 0 saturated carbocycles. The number of hydrogen-bond acceptors (Lipinski definition) is 2. The summed E-state index contributed by atoms with van der Waals surface area (Å²) in [5.74, 6) is -0.0977. The Kier molecular flexibility index (Phi) is 3.16. The van der Waals surface area contributed by atoms with Crippen LogP contribution in [0.25, 0.3) is 0 Å². The molecule has 2 rings (SSSR count). The number of benzene rings is 1. The highest BCUT2D eigenvalue weighted by Crippen LogP contribution is 2.36. The highest BCUT2D eigenvalue weighted by molar-refractivity contribution is 6.34. The molecule has 15 heavy (non-hydrogen) atoms. The molecule has 0 amide bonds. The molecule has 0 radical (unpaired) electrons. The molecule has 0 N–H and O–H groups in total. The molecule has 0 bridgehead atoms. The van der Waals surface area contributed by atoms with E-state index < -0.39 is 0 Å². The van der Waals surface area contributed by atoms with E-state index in [1.165, 1.54) is 0 Å². The summed E-state index contributed by atoms with van der Waals surface area (Å²) in [5.41, 5.74) is 0.886. The van der Waals surface area contributed by atoms with Crippen LogP contribution in [0, 0.1) is 17.2 Å². The summed E-state index contributed by atoms with van der Waals surface area (Å²) in [6.07, 6.45) is 0.580. The van der Waals surface area contributed by atoms with Crippen LogP contribution in [-0.4, -0.2) is 6.61 Å². The Balaban J connectivity index is 2.33. The molecule has 1 aromatic rings. The summed E-state index contributed by atoms with van der Waals surface area (Å²) in [5, 5.41) is 10.1. The Morgan fingerprint density at radius 3 is 2.53 bits per heavy atom. The number of halogens is 2. The molecular weight excluding hydrogens is 233 g/mol. The van der Waals surface area contributed by atoms with Crippen LogP contribution < -0.4 is 0 Å². The molecule has 1 aromatic carbocycles. The lowest BCUT2D eigenvalue weighted by molar-refractivity contribution is 0.101. The van der Waals surface area contributed by atoms with Gasteiger partial charge in [0.05, 0.1) is 18.1 Å². The summed E-state index contributed by atoms with van der Waals surface area (Å²) in [7, 11) is 0. The molecule has 78 valence electrons. The molecule has 0 aliphatic carbocycles. The van der Waals surface area contributed by atoms with Gasteiger partial charge in [-0.15, -0.1) is 0 Å². The van der Waals surface area contributed by atoms with E-state index >= 15 is 0 Å². The Morgan fingerprint density at radius 2 is 1.93 bits per heavy atom. The Hall–Kier alpha value is -0.750. The summed E-state index contributed by atoms with van der Waals surface area (Å²) in [6.45, 7) is 0.618. The first-order valence-corrected chi connectivity index (χ1v) is 5.43. The van der Waals surface area contributed by atoms with E-state index in [0.29, 0.717) is 16.7 Å². The molecule has 0 aromatic heterocycles. The van der Waals surface area contributed by atoms with E-state index in [1.807, 2.05) is 0 Å². The minimum Gasteiger partial charge on any atom is -0.372 e. The van der Waals surface area contributed by atoms with Crippen LogP contribution in [-0.2, 0) is 4.74 Å².